The second kappa shape index (κ2) is 12.0. The molecule has 2 heterocycles. The van der Waals surface area contributed by atoms with E-state index in [2.05, 4.69) is 215 Å². The maximum absolute atomic E-state index is 2.41. The van der Waals surface area contributed by atoms with Gasteiger partial charge in [0, 0.05) is 32.9 Å². The van der Waals surface area contributed by atoms with Gasteiger partial charge < -0.3 is 9.13 Å². The highest BCUT2D eigenvalue weighted by molar-refractivity contribution is 6.24. The molecular weight excluding hydrogens is 677 g/mol. The van der Waals surface area contributed by atoms with Crippen LogP contribution in [-0.4, -0.2) is 9.13 Å². The third kappa shape index (κ3) is 4.57. The lowest BCUT2D eigenvalue weighted by Gasteiger charge is -2.16. The van der Waals surface area contributed by atoms with Crippen LogP contribution in [0.5, 0.6) is 0 Å². The predicted molar refractivity (Wildman–Crippen MR) is 239 cm³/mol. The summed E-state index contributed by atoms with van der Waals surface area (Å²) in [6, 6.07) is 75.8. The molecule has 2 heteroatoms. The summed E-state index contributed by atoms with van der Waals surface area (Å²) in [7, 11) is 0. The average Bonchev–Trinajstić information content (AvgIpc) is 3.79. The fourth-order valence-corrected chi connectivity index (χ4v) is 9.37. The van der Waals surface area contributed by atoms with Gasteiger partial charge in [-0.3, -0.25) is 0 Å². The zero-order valence-electron chi connectivity index (χ0n) is 30.5. The number of aromatic nitrogens is 2. The standard InChI is InChI=1S/C54H34N2/c1-2-18-42-39(13-1)34-48(38-15-12-17-41(32-38)56-52-25-9-5-21-45(52)46-22-6-10-26-53(46)56)47-30-29-35-27-28-37(33-49(35)54(42)47)36-14-11-16-40(31-36)55-50-23-7-3-19-43(50)44-20-4-8-24-51(44)55/h1-34H. The number of hydrogen-bond donors (Lipinski definition) is 0. The second-order valence-corrected chi connectivity index (χ2v) is 14.9. The summed E-state index contributed by atoms with van der Waals surface area (Å²) >= 11 is 0. The highest BCUT2D eigenvalue weighted by atomic mass is 15.0. The highest BCUT2D eigenvalue weighted by Crippen LogP contribution is 2.42. The van der Waals surface area contributed by atoms with Crippen molar-refractivity contribution in [1.82, 2.24) is 9.13 Å². The molecule has 2 nitrogen and oxygen atoms in total. The number of para-hydroxylation sites is 4. The molecule has 2 aromatic heterocycles. The summed E-state index contributed by atoms with van der Waals surface area (Å²) in [5, 5.41) is 12.6. The Kier molecular flexibility index (Phi) is 6.66. The summed E-state index contributed by atoms with van der Waals surface area (Å²) < 4.78 is 4.81. The molecule has 56 heavy (non-hydrogen) atoms. The quantitative estimate of drug-likeness (QED) is 0.161. The number of nitrogens with zero attached hydrogens (tertiary/aromatic N) is 2. The van der Waals surface area contributed by atoms with Crippen molar-refractivity contribution in [2.75, 3.05) is 0 Å². The van der Waals surface area contributed by atoms with Crippen LogP contribution in [0.1, 0.15) is 0 Å². The van der Waals surface area contributed by atoms with Crippen LogP contribution in [0.2, 0.25) is 0 Å². The maximum Gasteiger partial charge on any atom is 0.0541 e. The minimum atomic E-state index is 1.16. The molecule has 0 unspecified atom stereocenters. The largest absolute Gasteiger partial charge is 0.309 e. The molecule has 12 rings (SSSR count). The number of benzene rings is 10. The van der Waals surface area contributed by atoms with Crippen molar-refractivity contribution in [3.63, 3.8) is 0 Å². The van der Waals surface area contributed by atoms with Gasteiger partial charge in [-0.25, -0.2) is 0 Å². The smallest absolute Gasteiger partial charge is 0.0541 e. The summed E-state index contributed by atoms with van der Waals surface area (Å²) in [5.41, 5.74) is 12.0. The van der Waals surface area contributed by atoms with Gasteiger partial charge in [0.2, 0.25) is 0 Å². The van der Waals surface area contributed by atoms with Gasteiger partial charge in [0.25, 0.3) is 0 Å². The van der Waals surface area contributed by atoms with Crippen molar-refractivity contribution >= 4 is 75.9 Å². The van der Waals surface area contributed by atoms with Crippen LogP contribution in [-0.2, 0) is 0 Å². The van der Waals surface area contributed by atoms with E-state index < -0.39 is 0 Å². The minimum Gasteiger partial charge on any atom is -0.309 e. The first-order chi connectivity index (χ1) is 27.8. The van der Waals surface area contributed by atoms with E-state index in [1.165, 1.54) is 98.2 Å². The van der Waals surface area contributed by atoms with Gasteiger partial charge in [-0.2, -0.15) is 0 Å². The summed E-state index contributed by atoms with van der Waals surface area (Å²) in [6.45, 7) is 0. The first-order valence-electron chi connectivity index (χ1n) is 19.3. The average molecular weight is 711 g/mol. The van der Waals surface area contributed by atoms with Crippen molar-refractivity contribution in [3.05, 3.63) is 206 Å². The van der Waals surface area contributed by atoms with Crippen LogP contribution >= 0.6 is 0 Å². The molecule has 0 radical (unpaired) electrons. The van der Waals surface area contributed by atoms with E-state index in [4.69, 9.17) is 0 Å². The van der Waals surface area contributed by atoms with Gasteiger partial charge in [-0.15, -0.1) is 0 Å². The van der Waals surface area contributed by atoms with E-state index in [0.29, 0.717) is 0 Å². The fourth-order valence-electron chi connectivity index (χ4n) is 9.37. The topological polar surface area (TPSA) is 9.86 Å². The monoisotopic (exact) mass is 710 g/mol. The molecule has 0 aliphatic carbocycles. The molecule has 12 aromatic rings. The van der Waals surface area contributed by atoms with Crippen LogP contribution in [0.25, 0.3) is 110 Å². The number of fused-ring (bicyclic) bond motifs is 11. The Morgan fingerprint density at radius 2 is 0.714 bits per heavy atom. The van der Waals surface area contributed by atoms with Crippen LogP contribution in [0.4, 0.5) is 0 Å². The normalized spacial score (nSPS) is 11.9. The lowest BCUT2D eigenvalue weighted by atomic mass is 9.89. The van der Waals surface area contributed by atoms with Gasteiger partial charge in [0.15, 0.2) is 0 Å². The molecule has 0 aliphatic heterocycles. The lowest BCUT2D eigenvalue weighted by Crippen LogP contribution is -1.95. The molecule has 0 saturated heterocycles. The second-order valence-electron chi connectivity index (χ2n) is 14.9. The van der Waals surface area contributed by atoms with Gasteiger partial charge in [-0.1, -0.05) is 146 Å². The third-order valence-electron chi connectivity index (χ3n) is 11.9. The fraction of sp³-hybridized carbons (Fsp3) is 0. The Morgan fingerprint density at radius 3 is 1.30 bits per heavy atom. The van der Waals surface area contributed by atoms with Crippen LogP contribution in [0.15, 0.2) is 206 Å². The Hall–Kier alpha value is -7.42. The summed E-state index contributed by atoms with van der Waals surface area (Å²) in [5.74, 6) is 0. The summed E-state index contributed by atoms with van der Waals surface area (Å²) in [4.78, 5) is 0. The first-order valence-corrected chi connectivity index (χ1v) is 19.3. The van der Waals surface area contributed by atoms with Crippen molar-refractivity contribution in [3.8, 4) is 33.6 Å². The van der Waals surface area contributed by atoms with Crippen LogP contribution < -0.4 is 0 Å². The van der Waals surface area contributed by atoms with Crippen molar-refractivity contribution in [2.45, 2.75) is 0 Å². The van der Waals surface area contributed by atoms with E-state index in [-0.39, 0.29) is 0 Å². The minimum absolute atomic E-state index is 1.16. The van der Waals surface area contributed by atoms with Gasteiger partial charge in [0.1, 0.15) is 0 Å². The van der Waals surface area contributed by atoms with E-state index in [1.807, 2.05) is 0 Å². The molecule has 10 aromatic carbocycles. The van der Waals surface area contributed by atoms with Crippen LogP contribution in [0.3, 0.4) is 0 Å². The van der Waals surface area contributed by atoms with Gasteiger partial charge >= 0.3 is 0 Å². The zero-order chi connectivity index (χ0) is 36.7. The molecule has 0 fully saturated rings. The predicted octanol–water partition coefficient (Wildman–Crippen LogP) is 14.7. The number of rotatable bonds is 4. The molecule has 0 bridgehead atoms. The Balaban J connectivity index is 1.06. The van der Waals surface area contributed by atoms with Crippen molar-refractivity contribution < 1.29 is 0 Å². The van der Waals surface area contributed by atoms with Crippen molar-refractivity contribution in [2.24, 2.45) is 0 Å². The molecule has 0 spiro atoms. The molecule has 0 saturated carbocycles. The van der Waals surface area contributed by atoms with Crippen molar-refractivity contribution in [1.29, 1.82) is 0 Å². The Labute approximate surface area is 323 Å². The molecular formula is C54H34N2. The highest BCUT2D eigenvalue weighted by Gasteiger charge is 2.17. The zero-order valence-corrected chi connectivity index (χ0v) is 30.5. The van der Waals surface area contributed by atoms with Gasteiger partial charge in [-0.05, 0) is 115 Å². The first kappa shape index (κ1) is 31.0. The maximum atomic E-state index is 2.41. The summed E-state index contributed by atoms with van der Waals surface area (Å²) in [6.07, 6.45) is 0. The molecule has 0 aliphatic rings. The van der Waals surface area contributed by atoms with E-state index in [0.717, 1.165) is 11.4 Å². The molecule has 0 amide bonds. The number of hydrogen-bond acceptors (Lipinski definition) is 0. The molecule has 0 atom stereocenters. The van der Waals surface area contributed by atoms with Gasteiger partial charge in [0.05, 0.1) is 22.1 Å². The van der Waals surface area contributed by atoms with Crippen LogP contribution in [0, 0.1) is 0 Å². The molecule has 260 valence electrons. The van der Waals surface area contributed by atoms with E-state index in [1.54, 1.807) is 0 Å². The SMILES string of the molecule is c1cc(-c2ccc3ccc4c(-c5cccc(-n6c7ccccc7c7ccccc76)c5)cc5ccccc5c4c3c2)cc(-n2c3ccccc3c3ccccc32)c1. The Morgan fingerprint density at radius 1 is 0.250 bits per heavy atom. The third-order valence-corrected chi connectivity index (χ3v) is 11.9. The van der Waals surface area contributed by atoms with E-state index >= 15 is 0 Å². The lowest BCUT2D eigenvalue weighted by molar-refractivity contribution is 1.18. The molecule has 0 N–H and O–H groups in total. The van der Waals surface area contributed by atoms with E-state index in [9.17, 15) is 0 Å². The Bertz CT molecular complexity index is 3440.